The molecule has 0 aliphatic carbocycles. The Morgan fingerprint density at radius 2 is 1.55 bits per heavy atom. The quantitative estimate of drug-likeness (QED) is 0.339. The average Bonchev–Trinajstić information content (AvgIpc) is 2.94. The summed E-state index contributed by atoms with van der Waals surface area (Å²) in [6, 6.07) is 14.8. The van der Waals surface area contributed by atoms with E-state index in [9.17, 15) is 18.0 Å². The van der Waals surface area contributed by atoms with Crippen LogP contribution in [0.3, 0.4) is 0 Å². The number of anilines is 1. The zero-order chi connectivity index (χ0) is 29.6. The van der Waals surface area contributed by atoms with Crippen molar-refractivity contribution in [3.8, 4) is 11.5 Å². The zero-order valence-electron chi connectivity index (χ0n) is 22.8. The number of hydrogen-bond donors (Lipinski definition) is 1. The molecule has 3 rings (SSSR count). The predicted octanol–water partition coefficient (Wildman–Crippen LogP) is 4.68. The number of likely N-dealkylation sites (N-methyl/N-ethyl adjacent to an activating group) is 1. The molecule has 2 amide bonds. The Morgan fingerprint density at radius 1 is 0.950 bits per heavy atom. The topological polar surface area (TPSA) is 105 Å². The highest BCUT2D eigenvalue weighted by Gasteiger charge is 2.33. The van der Waals surface area contributed by atoms with E-state index in [1.54, 1.807) is 49.4 Å². The van der Waals surface area contributed by atoms with E-state index >= 15 is 0 Å². The number of amides is 2. The lowest BCUT2D eigenvalue weighted by Crippen LogP contribution is -2.50. The first-order valence-corrected chi connectivity index (χ1v) is 14.4. The summed E-state index contributed by atoms with van der Waals surface area (Å²) >= 11 is 12.7. The number of ether oxygens (including phenoxy) is 2. The van der Waals surface area contributed by atoms with Crippen LogP contribution in [0.4, 0.5) is 5.69 Å². The van der Waals surface area contributed by atoms with Crippen LogP contribution in [0.2, 0.25) is 10.0 Å². The molecule has 0 fully saturated rings. The number of methoxy groups -OCH3 is 2. The predicted molar refractivity (Wildman–Crippen MR) is 156 cm³/mol. The summed E-state index contributed by atoms with van der Waals surface area (Å²) in [5, 5.41) is 3.15. The van der Waals surface area contributed by atoms with Gasteiger partial charge in [0.15, 0.2) is 11.5 Å². The van der Waals surface area contributed by atoms with Crippen molar-refractivity contribution < 1.29 is 27.5 Å². The fraction of sp³-hybridized carbons (Fsp3) is 0.286. The van der Waals surface area contributed by atoms with Crippen molar-refractivity contribution in [2.45, 2.75) is 31.3 Å². The van der Waals surface area contributed by atoms with Gasteiger partial charge in [-0.25, -0.2) is 8.42 Å². The van der Waals surface area contributed by atoms with E-state index in [4.69, 9.17) is 32.7 Å². The second-order valence-electron chi connectivity index (χ2n) is 8.88. The number of nitrogens with zero attached hydrogens (tertiary/aromatic N) is 2. The molecule has 0 aromatic heterocycles. The minimum atomic E-state index is -4.30. The fourth-order valence-electron chi connectivity index (χ4n) is 3.99. The van der Waals surface area contributed by atoms with Gasteiger partial charge in [0.05, 0.1) is 24.8 Å². The van der Waals surface area contributed by atoms with E-state index in [1.165, 1.54) is 44.4 Å². The van der Waals surface area contributed by atoms with Crippen molar-refractivity contribution in [1.82, 2.24) is 10.2 Å². The van der Waals surface area contributed by atoms with Gasteiger partial charge in [-0.15, -0.1) is 0 Å². The molecule has 3 aromatic rings. The number of aryl methyl sites for hydroxylation is 1. The van der Waals surface area contributed by atoms with E-state index < -0.39 is 34.4 Å². The van der Waals surface area contributed by atoms with Crippen LogP contribution in [-0.2, 0) is 26.2 Å². The molecular formula is C28H31Cl2N3O6S. The van der Waals surface area contributed by atoms with Crippen molar-refractivity contribution in [2.24, 2.45) is 0 Å². The fourth-order valence-corrected chi connectivity index (χ4v) is 5.94. The van der Waals surface area contributed by atoms with Gasteiger partial charge in [-0.1, -0.05) is 47.0 Å². The molecule has 40 heavy (non-hydrogen) atoms. The number of benzene rings is 3. The Bertz CT molecular complexity index is 1460. The van der Waals surface area contributed by atoms with Crippen LogP contribution in [-0.4, -0.2) is 59.0 Å². The van der Waals surface area contributed by atoms with E-state index in [0.29, 0.717) is 21.4 Å². The first-order chi connectivity index (χ1) is 18.9. The summed E-state index contributed by atoms with van der Waals surface area (Å²) in [5.41, 5.74) is 1.60. The molecule has 214 valence electrons. The van der Waals surface area contributed by atoms with Crippen molar-refractivity contribution in [1.29, 1.82) is 0 Å². The first-order valence-electron chi connectivity index (χ1n) is 12.2. The summed E-state index contributed by atoms with van der Waals surface area (Å²) in [4.78, 5) is 27.7. The Balaban J connectivity index is 2.10. The maximum atomic E-state index is 14.0. The van der Waals surface area contributed by atoms with Gasteiger partial charge >= 0.3 is 0 Å². The van der Waals surface area contributed by atoms with Crippen LogP contribution in [0, 0.1) is 6.92 Å². The van der Waals surface area contributed by atoms with Crippen molar-refractivity contribution >= 4 is 50.7 Å². The molecule has 1 atom stereocenters. The minimum absolute atomic E-state index is 0.112. The molecule has 12 heteroatoms. The standard InChI is InChI=1S/C28H31Cl2N3O6S/c1-18-9-11-20(12-10-18)33(40(36,37)21-13-14-25(38-4)26(15-21)39-5)17-27(34)32(19(2)28(35)31-3)16-22-23(29)7-6-8-24(22)30/h6-15,19H,16-17H2,1-5H3,(H,31,35)/t19-/m0/s1. The molecule has 0 aliphatic rings. The third kappa shape index (κ3) is 6.80. The molecule has 0 saturated carbocycles. The SMILES string of the molecule is CNC(=O)[C@H](C)N(Cc1c(Cl)cccc1Cl)C(=O)CN(c1ccc(C)cc1)S(=O)(=O)c1ccc(OC)c(OC)c1. The third-order valence-corrected chi connectivity index (χ3v) is 8.83. The lowest BCUT2D eigenvalue weighted by atomic mass is 10.1. The van der Waals surface area contributed by atoms with Crippen LogP contribution >= 0.6 is 23.2 Å². The highest BCUT2D eigenvalue weighted by atomic mass is 35.5. The lowest BCUT2D eigenvalue weighted by Gasteiger charge is -2.32. The van der Waals surface area contributed by atoms with Gasteiger partial charge in [0.1, 0.15) is 12.6 Å². The second kappa shape index (κ2) is 13.3. The molecule has 0 unspecified atom stereocenters. The molecule has 0 radical (unpaired) electrons. The van der Waals surface area contributed by atoms with Gasteiger partial charge < -0.3 is 19.7 Å². The number of halogens is 2. The summed E-state index contributed by atoms with van der Waals surface area (Å²) in [6.07, 6.45) is 0. The maximum Gasteiger partial charge on any atom is 0.264 e. The lowest BCUT2D eigenvalue weighted by molar-refractivity contribution is -0.139. The summed E-state index contributed by atoms with van der Waals surface area (Å²) in [5.74, 6) is -0.526. The average molecular weight is 609 g/mol. The third-order valence-electron chi connectivity index (χ3n) is 6.35. The van der Waals surface area contributed by atoms with Gasteiger partial charge in [0.2, 0.25) is 11.8 Å². The second-order valence-corrected chi connectivity index (χ2v) is 11.6. The number of carbonyl (C=O) groups is 2. The first kappa shape index (κ1) is 31.1. The molecule has 1 N–H and O–H groups in total. The largest absolute Gasteiger partial charge is 0.493 e. The summed E-state index contributed by atoms with van der Waals surface area (Å²) < 4.78 is 39.5. The molecular weight excluding hydrogens is 577 g/mol. The maximum absolute atomic E-state index is 14.0. The number of sulfonamides is 1. The van der Waals surface area contributed by atoms with Crippen molar-refractivity contribution in [2.75, 3.05) is 32.1 Å². The number of hydrogen-bond acceptors (Lipinski definition) is 6. The van der Waals surface area contributed by atoms with Gasteiger partial charge in [-0.05, 0) is 50.2 Å². The molecule has 0 heterocycles. The van der Waals surface area contributed by atoms with Gasteiger partial charge in [-0.2, -0.15) is 0 Å². The van der Waals surface area contributed by atoms with Crippen LogP contribution < -0.4 is 19.1 Å². The van der Waals surface area contributed by atoms with Gasteiger partial charge in [-0.3, -0.25) is 13.9 Å². The highest BCUT2D eigenvalue weighted by Crippen LogP contribution is 2.33. The Labute approximate surface area is 244 Å². The van der Waals surface area contributed by atoms with E-state index in [-0.39, 0.29) is 22.9 Å². The molecule has 3 aromatic carbocycles. The number of nitrogens with one attached hydrogen (secondary N) is 1. The monoisotopic (exact) mass is 607 g/mol. The number of rotatable bonds is 11. The molecule has 0 saturated heterocycles. The molecule has 9 nitrogen and oxygen atoms in total. The smallest absolute Gasteiger partial charge is 0.264 e. The van der Waals surface area contributed by atoms with E-state index in [2.05, 4.69) is 5.32 Å². The van der Waals surface area contributed by atoms with Gasteiger partial charge in [0, 0.05) is 35.3 Å². The minimum Gasteiger partial charge on any atom is -0.493 e. The summed E-state index contributed by atoms with van der Waals surface area (Å²) in [6.45, 7) is 2.68. The molecule has 0 aliphatic heterocycles. The molecule has 0 bridgehead atoms. The van der Waals surface area contributed by atoms with E-state index in [0.717, 1.165) is 9.87 Å². The Morgan fingerprint density at radius 3 is 2.10 bits per heavy atom. The summed E-state index contributed by atoms with van der Waals surface area (Å²) in [7, 11) is -0.0103. The Kier molecular flexibility index (Phi) is 10.3. The van der Waals surface area contributed by atoms with Gasteiger partial charge in [0.25, 0.3) is 10.0 Å². The van der Waals surface area contributed by atoms with E-state index in [1.807, 2.05) is 6.92 Å². The van der Waals surface area contributed by atoms with Crippen LogP contribution in [0.5, 0.6) is 11.5 Å². The Hall–Kier alpha value is -3.47. The normalized spacial score (nSPS) is 11.9. The van der Waals surface area contributed by atoms with Crippen molar-refractivity contribution in [3.63, 3.8) is 0 Å². The zero-order valence-corrected chi connectivity index (χ0v) is 25.1. The number of carbonyl (C=O) groups excluding carboxylic acids is 2. The van der Waals surface area contributed by atoms with Crippen LogP contribution in [0.15, 0.2) is 65.6 Å². The van der Waals surface area contributed by atoms with Crippen LogP contribution in [0.1, 0.15) is 18.1 Å². The molecule has 0 spiro atoms. The highest BCUT2D eigenvalue weighted by molar-refractivity contribution is 7.92. The van der Waals surface area contributed by atoms with Crippen LogP contribution in [0.25, 0.3) is 0 Å². The van der Waals surface area contributed by atoms with Crippen molar-refractivity contribution in [3.05, 3.63) is 81.8 Å².